The number of benzene rings is 1. The molecule has 1 heterocycles. The monoisotopic (exact) mass is 367 g/mol. The maximum atomic E-state index is 12.5. The first-order valence-corrected chi connectivity index (χ1v) is 9.88. The third-order valence-corrected chi connectivity index (χ3v) is 6.10. The van der Waals surface area contributed by atoms with Crippen molar-refractivity contribution in [3.63, 3.8) is 0 Å². The normalized spacial score (nSPS) is 13.3. The van der Waals surface area contributed by atoms with Gasteiger partial charge in [0.2, 0.25) is 5.91 Å². The molecule has 4 nitrogen and oxygen atoms in total. The standard InChI is InChI=1S/C21H25N3OS/c1-14-8-9-16(15(2)10-14)12-24(3)13-20(25)23-21-18(11-22)17-6-4-5-7-19(17)26-21/h8-10H,4-7,12-13H2,1-3H3,(H,23,25). The van der Waals surface area contributed by atoms with Gasteiger partial charge in [0.05, 0.1) is 12.1 Å². The van der Waals surface area contributed by atoms with Crippen LogP contribution in [-0.2, 0) is 24.2 Å². The van der Waals surface area contributed by atoms with Gasteiger partial charge in [-0.1, -0.05) is 23.8 Å². The molecule has 1 amide bonds. The average molecular weight is 368 g/mol. The van der Waals surface area contributed by atoms with E-state index >= 15 is 0 Å². The lowest BCUT2D eigenvalue weighted by molar-refractivity contribution is -0.117. The van der Waals surface area contributed by atoms with Gasteiger partial charge >= 0.3 is 0 Å². The second kappa shape index (κ2) is 8.03. The highest BCUT2D eigenvalue weighted by Gasteiger charge is 2.22. The number of hydrogen-bond acceptors (Lipinski definition) is 4. The van der Waals surface area contributed by atoms with Crippen molar-refractivity contribution in [1.82, 2.24) is 4.90 Å². The van der Waals surface area contributed by atoms with Crippen molar-refractivity contribution < 1.29 is 4.79 Å². The average Bonchev–Trinajstić information content (AvgIpc) is 2.94. The lowest BCUT2D eigenvalue weighted by atomic mass is 9.96. The molecule has 26 heavy (non-hydrogen) atoms. The first-order valence-electron chi connectivity index (χ1n) is 9.07. The molecule has 3 rings (SSSR count). The van der Waals surface area contributed by atoms with Crippen LogP contribution in [0.15, 0.2) is 18.2 Å². The van der Waals surface area contributed by atoms with Crippen LogP contribution in [0.4, 0.5) is 5.00 Å². The van der Waals surface area contributed by atoms with Crippen LogP contribution >= 0.6 is 11.3 Å². The molecular formula is C21H25N3OS. The first kappa shape index (κ1) is 18.6. The minimum absolute atomic E-state index is 0.0626. The zero-order chi connectivity index (χ0) is 18.7. The number of anilines is 1. The van der Waals surface area contributed by atoms with Crippen molar-refractivity contribution in [3.8, 4) is 6.07 Å². The maximum absolute atomic E-state index is 12.5. The fourth-order valence-electron chi connectivity index (χ4n) is 3.55. The number of hydrogen-bond donors (Lipinski definition) is 1. The Kier molecular flexibility index (Phi) is 5.75. The van der Waals surface area contributed by atoms with E-state index in [0.717, 1.165) is 36.4 Å². The quantitative estimate of drug-likeness (QED) is 0.862. The van der Waals surface area contributed by atoms with Crippen molar-refractivity contribution in [1.29, 1.82) is 5.26 Å². The molecule has 0 spiro atoms. The Balaban J connectivity index is 1.64. The van der Waals surface area contributed by atoms with Crippen LogP contribution in [0.5, 0.6) is 0 Å². The van der Waals surface area contributed by atoms with Crippen LogP contribution in [0.2, 0.25) is 0 Å². The van der Waals surface area contributed by atoms with E-state index in [9.17, 15) is 10.1 Å². The molecule has 0 saturated heterocycles. The fraction of sp³-hybridized carbons (Fsp3) is 0.429. The lowest BCUT2D eigenvalue weighted by Crippen LogP contribution is -2.30. The van der Waals surface area contributed by atoms with Gasteiger partial charge < -0.3 is 5.32 Å². The molecule has 5 heteroatoms. The van der Waals surface area contributed by atoms with E-state index in [0.29, 0.717) is 12.1 Å². The number of nitrogens with zero attached hydrogens (tertiary/aromatic N) is 2. The molecule has 0 bridgehead atoms. The number of likely N-dealkylation sites (N-methyl/N-ethyl adjacent to an activating group) is 1. The smallest absolute Gasteiger partial charge is 0.239 e. The third-order valence-electron chi connectivity index (χ3n) is 4.89. The molecule has 0 fully saturated rings. The molecule has 0 unspecified atom stereocenters. The summed E-state index contributed by atoms with van der Waals surface area (Å²) in [6.07, 6.45) is 4.28. The molecule has 0 atom stereocenters. The zero-order valence-electron chi connectivity index (χ0n) is 15.7. The van der Waals surface area contributed by atoms with Crippen LogP contribution in [0.3, 0.4) is 0 Å². The molecule has 1 aliphatic rings. The molecule has 1 aromatic carbocycles. The molecule has 2 aromatic rings. The number of thiophene rings is 1. The van der Waals surface area contributed by atoms with E-state index in [-0.39, 0.29) is 5.91 Å². The summed E-state index contributed by atoms with van der Waals surface area (Å²) in [6, 6.07) is 8.69. The zero-order valence-corrected chi connectivity index (χ0v) is 16.5. The van der Waals surface area contributed by atoms with E-state index in [1.165, 1.54) is 28.0 Å². The van der Waals surface area contributed by atoms with Gasteiger partial charge in [0.15, 0.2) is 0 Å². The Morgan fingerprint density at radius 2 is 2.08 bits per heavy atom. The molecule has 0 saturated carbocycles. The van der Waals surface area contributed by atoms with E-state index in [4.69, 9.17) is 0 Å². The van der Waals surface area contributed by atoms with E-state index < -0.39 is 0 Å². The van der Waals surface area contributed by atoms with Crippen molar-refractivity contribution in [2.75, 3.05) is 18.9 Å². The summed E-state index contributed by atoms with van der Waals surface area (Å²) in [6.45, 7) is 5.22. The van der Waals surface area contributed by atoms with Gasteiger partial charge in [0, 0.05) is 11.4 Å². The minimum atomic E-state index is -0.0626. The van der Waals surface area contributed by atoms with Crippen LogP contribution in [0.25, 0.3) is 0 Å². The maximum Gasteiger partial charge on any atom is 0.239 e. The fourth-order valence-corrected chi connectivity index (χ4v) is 4.81. The predicted octanol–water partition coefficient (Wildman–Crippen LogP) is 4.19. The molecule has 136 valence electrons. The molecule has 1 aliphatic carbocycles. The molecule has 0 radical (unpaired) electrons. The number of amides is 1. The SMILES string of the molecule is Cc1ccc(CN(C)CC(=O)Nc2sc3c(c2C#N)CCCC3)c(C)c1. The number of nitriles is 1. The second-order valence-electron chi connectivity index (χ2n) is 7.18. The van der Waals surface area contributed by atoms with Gasteiger partial charge in [-0.2, -0.15) is 5.26 Å². The largest absolute Gasteiger partial charge is 0.315 e. The van der Waals surface area contributed by atoms with Crippen molar-refractivity contribution >= 4 is 22.2 Å². The third kappa shape index (κ3) is 4.14. The number of aryl methyl sites for hydroxylation is 3. The van der Waals surface area contributed by atoms with Crippen molar-refractivity contribution in [3.05, 3.63) is 50.9 Å². The van der Waals surface area contributed by atoms with Gasteiger partial charge in [0.25, 0.3) is 0 Å². The number of rotatable bonds is 5. The van der Waals surface area contributed by atoms with E-state index in [2.05, 4.69) is 43.4 Å². The molecule has 0 aliphatic heterocycles. The predicted molar refractivity (Wildman–Crippen MR) is 107 cm³/mol. The van der Waals surface area contributed by atoms with Gasteiger partial charge in [-0.15, -0.1) is 11.3 Å². The summed E-state index contributed by atoms with van der Waals surface area (Å²) in [7, 11) is 1.95. The highest BCUT2D eigenvalue weighted by molar-refractivity contribution is 7.16. The summed E-state index contributed by atoms with van der Waals surface area (Å²) >= 11 is 1.58. The van der Waals surface area contributed by atoms with Crippen molar-refractivity contribution in [2.45, 2.75) is 46.1 Å². The van der Waals surface area contributed by atoms with Crippen LogP contribution in [0.1, 0.15) is 45.5 Å². The van der Waals surface area contributed by atoms with Crippen LogP contribution < -0.4 is 5.32 Å². The van der Waals surface area contributed by atoms with E-state index in [1.54, 1.807) is 11.3 Å². The summed E-state index contributed by atoms with van der Waals surface area (Å²) in [5, 5.41) is 13.2. The number of nitrogens with one attached hydrogen (secondary N) is 1. The molecule has 1 aromatic heterocycles. The number of fused-ring (bicyclic) bond motifs is 1. The highest BCUT2D eigenvalue weighted by atomic mass is 32.1. The summed E-state index contributed by atoms with van der Waals surface area (Å²) in [5.41, 5.74) is 5.56. The molecular weight excluding hydrogens is 342 g/mol. The number of carbonyl (C=O) groups excluding carboxylic acids is 1. The van der Waals surface area contributed by atoms with Crippen LogP contribution in [-0.4, -0.2) is 24.4 Å². The first-order chi connectivity index (χ1) is 12.5. The van der Waals surface area contributed by atoms with E-state index in [1.807, 2.05) is 11.9 Å². The minimum Gasteiger partial charge on any atom is -0.315 e. The highest BCUT2D eigenvalue weighted by Crippen LogP contribution is 2.37. The topological polar surface area (TPSA) is 56.1 Å². The van der Waals surface area contributed by atoms with Gasteiger partial charge in [-0.25, -0.2) is 0 Å². The summed E-state index contributed by atoms with van der Waals surface area (Å²) < 4.78 is 0. The van der Waals surface area contributed by atoms with Crippen LogP contribution in [0, 0.1) is 25.2 Å². The molecule has 1 N–H and O–H groups in total. The Morgan fingerprint density at radius 3 is 2.81 bits per heavy atom. The van der Waals surface area contributed by atoms with Crippen molar-refractivity contribution in [2.24, 2.45) is 0 Å². The van der Waals surface area contributed by atoms with Gasteiger partial charge in [-0.3, -0.25) is 9.69 Å². The summed E-state index contributed by atoms with van der Waals surface area (Å²) in [4.78, 5) is 15.8. The number of carbonyl (C=O) groups is 1. The van der Waals surface area contributed by atoms with Gasteiger partial charge in [-0.05, 0) is 63.3 Å². The van der Waals surface area contributed by atoms with Gasteiger partial charge in [0.1, 0.15) is 11.1 Å². The Labute approximate surface area is 159 Å². The lowest BCUT2D eigenvalue weighted by Gasteiger charge is -2.17. The Hall–Kier alpha value is -2.16. The Morgan fingerprint density at radius 1 is 1.31 bits per heavy atom. The second-order valence-corrected chi connectivity index (χ2v) is 8.28. The summed E-state index contributed by atoms with van der Waals surface area (Å²) in [5.74, 6) is -0.0626. The Bertz CT molecular complexity index is 863.